The van der Waals surface area contributed by atoms with E-state index < -0.39 is 0 Å². The number of fused-ring (bicyclic) bond motifs is 1. The van der Waals surface area contributed by atoms with Crippen LogP contribution in [0.3, 0.4) is 0 Å². The second kappa shape index (κ2) is 8.33. The van der Waals surface area contributed by atoms with Crippen LogP contribution in [0.2, 0.25) is 0 Å². The van der Waals surface area contributed by atoms with E-state index in [1.54, 1.807) is 11.3 Å². The third-order valence-corrected chi connectivity index (χ3v) is 6.60. The molecule has 0 fully saturated rings. The van der Waals surface area contributed by atoms with E-state index in [-0.39, 0.29) is 18.4 Å². The summed E-state index contributed by atoms with van der Waals surface area (Å²) < 4.78 is 4.97. The van der Waals surface area contributed by atoms with Crippen molar-refractivity contribution in [3.8, 4) is 0 Å². The lowest BCUT2D eigenvalue weighted by Crippen LogP contribution is -2.29. The number of esters is 1. The highest BCUT2D eigenvalue weighted by Gasteiger charge is 2.28. The topological polar surface area (TPSA) is 58.6 Å². The zero-order valence-electron chi connectivity index (χ0n) is 15.3. The number of carbonyl (C=O) groups excluding carboxylic acids is 2. The van der Waals surface area contributed by atoms with Crippen molar-refractivity contribution in [2.24, 2.45) is 5.92 Å². The lowest BCUT2D eigenvalue weighted by molar-refractivity contribution is -0.117. The first-order valence-electron chi connectivity index (χ1n) is 8.71. The van der Waals surface area contributed by atoms with Gasteiger partial charge >= 0.3 is 5.97 Å². The second-order valence-corrected chi connectivity index (χ2v) is 8.98. The van der Waals surface area contributed by atoms with Crippen molar-refractivity contribution in [1.82, 2.24) is 4.90 Å². The number of methoxy groups -OCH3 is 1. The molecule has 0 bridgehead atoms. The summed E-state index contributed by atoms with van der Waals surface area (Å²) in [7, 11) is 3.31. The second-order valence-electron chi connectivity index (χ2n) is 6.85. The number of amides is 1. The predicted octanol–water partition coefficient (Wildman–Crippen LogP) is 3.79. The summed E-state index contributed by atoms with van der Waals surface area (Å²) in [5.41, 5.74) is 1.61. The van der Waals surface area contributed by atoms with Crippen LogP contribution in [0.5, 0.6) is 0 Å². The van der Waals surface area contributed by atoms with Crippen molar-refractivity contribution in [2.45, 2.75) is 32.7 Å². The summed E-state index contributed by atoms with van der Waals surface area (Å²) in [5.74, 6) is 0.132. The first-order chi connectivity index (χ1) is 12.5. The van der Waals surface area contributed by atoms with Crippen LogP contribution in [0.1, 0.15) is 39.0 Å². The van der Waals surface area contributed by atoms with Gasteiger partial charge in [-0.1, -0.05) is 13.0 Å². The third-order valence-electron chi connectivity index (χ3n) is 4.57. The third kappa shape index (κ3) is 4.34. The molecule has 2 aromatic rings. The van der Waals surface area contributed by atoms with E-state index in [0.29, 0.717) is 16.5 Å². The van der Waals surface area contributed by atoms with Crippen molar-refractivity contribution in [1.29, 1.82) is 0 Å². The molecule has 0 saturated heterocycles. The minimum absolute atomic E-state index is 0.110. The Balaban J connectivity index is 1.72. The van der Waals surface area contributed by atoms with E-state index in [1.807, 2.05) is 23.4 Å². The monoisotopic (exact) mass is 392 g/mol. The number of rotatable bonds is 6. The highest BCUT2D eigenvalue weighted by molar-refractivity contribution is 7.17. The Hall–Kier alpha value is -1.70. The molecule has 1 amide bonds. The van der Waals surface area contributed by atoms with Crippen LogP contribution in [0.25, 0.3) is 0 Å². The Labute approximate surface area is 162 Å². The molecule has 140 valence electrons. The molecule has 1 aliphatic carbocycles. The minimum Gasteiger partial charge on any atom is -0.465 e. The van der Waals surface area contributed by atoms with E-state index in [4.69, 9.17) is 4.74 Å². The molecule has 1 N–H and O–H groups in total. The van der Waals surface area contributed by atoms with Crippen molar-refractivity contribution < 1.29 is 14.3 Å². The molecule has 5 nitrogen and oxygen atoms in total. The van der Waals surface area contributed by atoms with Gasteiger partial charge in [-0.15, -0.1) is 22.7 Å². The van der Waals surface area contributed by atoms with Crippen LogP contribution in [0.4, 0.5) is 5.00 Å². The van der Waals surface area contributed by atoms with Gasteiger partial charge in [-0.2, -0.15) is 0 Å². The largest absolute Gasteiger partial charge is 0.465 e. The smallest absolute Gasteiger partial charge is 0.341 e. The number of thiophene rings is 2. The molecule has 1 atom stereocenters. The van der Waals surface area contributed by atoms with Gasteiger partial charge in [-0.25, -0.2) is 4.79 Å². The first-order valence-corrected chi connectivity index (χ1v) is 10.4. The lowest BCUT2D eigenvalue weighted by atomic mass is 9.88. The fourth-order valence-corrected chi connectivity index (χ4v) is 5.49. The quantitative estimate of drug-likeness (QED) is 0.760. The van der Waals surface area contributed by atoms with Gasteiger partial charge in [-0.3, -0.25) is 9.69 Å². The van der Waals surface area contributed by atoms with Crippen LogP contribution in [-0.2, 0) is 28.9 Å². The standard InChI is InChI=1S/C19H24N2O3S2/c1-12-6-7-14-15(9-12)26-18(17(14)19(23)24-3)20-16(22)11-21(2)10-13-5-4-8-25-13/h4-5,8,12H,6-7,9-11H2,1-3H3,(H,20,22)/t12-/m1/s1. The molecule has 26 heavy (non-hydrogen) atoms. The summed E-state index contributed by atoms with van der Waals surface area (Å²) in [6.07, 6.45) is 2.88. The van der Waals surface area contributed by atoms with E-state index >= 15 is 0 Å². The van der Waals surface area contributed by atoms with Gasteiger partial charge in [0.25, 0.3) is 0 Å². The SMILES string of the molecule is COC(=O)c1c(NC(=O)CN(C)Cc2cccs2)sc2c1CC[C@@H](C)C2. The molecule has 2 heterocycles. The van der Waals surface area contributed by atoms with E-state index in [0.717, 1.165) is 31.4 Å². The predicted molar refractivity (Wildman–Crippen MR) is 106 cm³/mol. The molecular weight excluding hydrogens is 368 g/mol. The number of ether oxygens (including phenoxy) is 1. The van der Waals surface area contributed by atoms with Gasteiger partial charge in [0.05, 0.1) is 19.2 Å². The molecule has 2 aromatic heterocycles. The molecule has 0 radical (unpaired) electrons. The number of carbonyl (C=O) groups is 2. The van der Waals surface area contributed by atoms with Crippen LogP contribution in [0, 0.1) is 5.92 Å². The molecule has 0 aliphatic heterocycles. The van der Waals surface area contributed by atoms with E-state index in [1.165, 1.54) is 28.2 Å². The highest BCUT2D eigenvalue weighted by atomic mass is 32.1. The first kappa shape index (κ1) is 19.1. The molecule has 0 aromatic carbocycles. The maximum absolute atomic E-state index is 12.5. The normalized spacial score (nSPS) is 16.4. The maximum Gasteiger partial charge on any atom is 0.341 e. The Morgan fingerprint density at radius 3 is 2.92 bits per heavy atom. The van der Waals surface area contributed by atoms with Crippen LogP contribution >= 0.6 is 22.7 Å². The minimum atomic E-state index is -0.362. The molecule has 0 saturated carbocycles. The van der Waals surface area contributed by atoms with Gasteiger partial charge < -0.3 is 10.1 Å². The van der Waals surface area contributed by atoms with Gasteiger partial charge in [-0.05, 0) is 49.2 Å². The number of nitrogens with one attached hydrogen (secondary N) is 1. The number of anilines is 1. The maximum atomic E-state index is 12.5. The molecule has 0 unspecified atom stereocenters. The summed E-state index contributed by atoms with van der Waals surface area (Å²) in [4.78, 5) is 29.2. The Kier molecular flexibility index (Phi) is 6.11. The average molecular weight is 393 g/mol. The van der Waals surface area contributed by atoms with Crippen molar-refractivity contribution in [3.05, 3.63) is 38.4 Å². The summed E-state index contributed by atoms with van der Waals surface area (Å²) in [6, 6.07) is 4.07. The molecule has 7 heteroatoms. The Morgan fingerprint density at radius 1 is 1.42 bits per heavy atom. The zero-order valence-corrected chi connectivity index (χ0v) is 17.0. The Bertz CT molecular complexity index is 783. The van der Waals surface area contributed by atoms with Gasteiger partial charge in [0.15, 0.2) is 0 Å². The van der Waals surface area contributed by atoms with Crippen LogP contribution in [0.15, 0.2) is 17.5 Å². The van der Waals surface area contributed by atoms with Crippen LogP contribution < -0.4 is 5.32 Å². The van der Waals surface area contributed by atoms with Crippen LogP contribution in [-0.4, -0.2) is 37.5 Å². The molecule has 3 rings (SSSR count). The fourth-order valence-electron chi connectivity index (χ4n) is 3.29. The highest BCUT2D eigenvalue weighted by Crippen LogP contribution is 2.40. The summed E-state index contributed by atoms with van der Waals surface area (Å²) in [6.45, 7) is 3.23. The van der Waals surface area contributed by atoms with Gasteiger partial charge in [0.1, 0.15) is 5.00 Å². The summed E-state index contributed by atoms with van der Waals surface area (Å²) >= 11 is 3.20. The Morgan fingerprint density at radius 2 is 2.23 bits per heavy atom. The van der Waals surface area contributed by atoms with Crippen molar-refractivity contribution in [2.75, 3.05) is 26.0 Å². The van der Waals surface area contributed by atoms with E-state index in [2.05, 4.69) is 18.3 Å². The number of hydrogen-bond donors (Lipinski definition) is 1. The van der Waals surface area contributed by atoms with Gasteiger partial charge in [0.2, 0.25) is 5.91 Å². The molecule has 0 spiro atoms. The number of hydrogen-bond acceptors (Lipinski definition) is 6. The fraction of sp³-hybridized carbons (Fsp3) is 0.474. The average Bonchev–Trinajstić information content (AvgIpc) is 3.20. The zero-order chi connectivity index (χ0) is 18.7. The summed E-state index contributed by atoms with van der Waals surface area (Å²) in [5, 5.41) is 5.61. The number of nitrogens with zero attached hydrogens (tertiary/aromatic N) is 1. The van der Waals surface area contributed by atoms with Crippen molar-refractivity contribution in [3.63, 3.8) is 0 Å². The number of likely N-dealkylation sites (N-methyl/N-ethyl adjacent to an activating group) is 1. The van der Waals surface area contributed by atoms with Gasteiger partial charge in [0, 0.05) is 16.3 Å². The van der Waals surface area contributed by atoms with Crippen molar-refractivity contribution >= 4 is 39.6 Å². The van der Waals surface area contributed by atoms with E-state index in [9.17, 15) is 9.59 Å². The lowest BCUT2D eigenvalue weighted by Gasteiger charge is -2.18. The molecule has 1 aliphatic rings. The molecular formula is C19H24N2O3S2.